The molecule has 2 aliphatic rings. The highest BCUT2D eigenvalue weighted by Crippen LogP contribution is 2.57. The van der Waals surface area contributed by atoms with Gasteiger partial charge in [-0.25, -0.2) is 0 Å². The number of carbonyl (C=O) groups is 2. The average molecular weight is 300 g/mol. The summed E-state index contributed by atoms with van der Waals surface area (Å²) in [6.07, 6.45) is 3.83. The molecule has 2 aliphatic carbocycles. The molecule has 3 nitrogen and oxygen atoms in total. The zero-order chi connectivity index (χ0) is 16.3. The number of aromatic hydroxyl groups is 1. The minimum atomic E-state index is -0.204. The van der Waals surface area contributed by atoms with Crippen molar-refractivity contribution in [2.75, 3.05) is 0 Å². The standard InChI is InChI=1S/C19H24O3/c1-11(20)12-8-13-14(9-15(12)21)19(4)7-5-6-18(2,3)17(19)10-16(13)22/h8-9,17,21H,5-7,10H2,1-4H3. The van der Waals surface area contributed by atoms with E-state index >= 15 is 0 Å². The van der Waals surface area contributed by atoms with Crippen LogP contribution in [0.25, 0.3) is 0 Å². The largest absolute Gasteiger partial charge is 0.507 e. The Hall–Kier alpha value is -1.64. The minimum absolute atomic E-state index is 0.00399. The van der Waals surface area contributed by atoms with E-state index in [0.29, 0.717) is 12.0 Å². The molecule has 1 aromatic rings. The Morgan fingerprint density at radius 2 is 1.91 bits per heavy atom. The second-order valence-corrected chi connectivity index (χ2v) is 7.91. The minimum Gasteiger partial charge on any atom is -0.507 e. The summed E-state index contributed by atoms with van der Waals surface area (Å²) < 4.78 is 0. The van der Waals surface area contributed by atoms with Crippen molar-refractivity contribution < 1.29 is 14.7 Å². The highest BCUT2D eigenvalue weighted by Gasteiger charge is 2.52. The average Bonchev–Trinajstić information content (AvgIpc) is 2.41. The van der Waals surface area contributed by atoms with Gasteiger partial charge in [0.2, 0.25) is 0 Å². The zero-order valence-corrected chi connectivity index (χ0v) is 13.8. The monoisotopic (exact) mass is 300 g/mol. The van der Waals surface area contributed by atoms with Crippen LogP contribution in [0.2, 0.25) is 0 Å². The van der Waals surface area contributed by atoms with Crippen molar-refractivity contribution in [3.63, 3.8) is 0 Å². The van der Waals surface area contributed by atoms with Gasteiger partial charge in [0.05, 0.1) is 5.56 Å². The van der Waals surface area contributed by atoms with Crippen LogP contribution in [0.4, 0.5) is 0 Å². The third-order valence-electron chi connectivity index (χ3n) is 6.05. The Balaban J connectivity index is 2.22. The van der Waals surface area contributed by atoms with E-state index < -0.39 is 0 Å². The number of ketones is 2. The second kappa shape index (κ2) is 4.68. The number of Topliss-reactive ketones (excluding diaryl/α,β-unsaturated/α-hetero) is 2. The summed E-state index contributed by atoms with van der Waals surface area (Å²) in [4.78, 5) is 24.3. The summed E-state index contributed by atoms with van der Waals surface area (Å²) in [5.41, 5.74) is 1.85. The summed E-state index contributed by atoms with van der Waals surface area (Å²) in [5, 5.41) is 10.2. The van der Waals surface area contributed by atoms with E-state index in [2.05, 4.69) is 20.8 Å². The van der Waals surface area contributed by atoms with E-state index in [1.807, 2.05) is 0 Å². The van der Waals surface area contributed by atoms with Gasteiger partial charge in [0.25, 0.3) is 0 Å². The summed E-state index contributed by atoms with van der Waals surface area (Å²) >= 11 is 0. The molecule has 0 spiro atoms. The fourth-order valence-corrected chi connectivity index (χ4v) is 4.81. The molecule has 0 bridgehead atoms. The van der Waals surface area contributed by atoms with Gasteiger partial charge in [0, 0.05) is 12.0 Å². The molecule has 0 aliphatic heterocycles. The molecule has 3 rings (SSSR count). The fourth-order valence-electron chi connectivity index (χ4n) is 4.81. The molecule has 0 radical (unpaired) electrons. The van der Waals surface area contributed by atoms with Crippen molar-refractivity contribution in [1.29, 1.82) is 0 Å². The summed E-state index contributed by atoms with van der Waals surface area (Å²) in [7, 11) is 0. The summed E-state index contributed by atoms with van der Waals surface area (Å²) in [5.74, 6) is 0.194. The van der Waals surface area contributed by atoms with E-state index in [1.54, 1.807) is 12.1 Å². The van der Waals surface area contributed by atoms with Crippen molar-refractivity contribution in [2.45, 2.75) is 58.8 Å². The molecule has 22 heavy (non-hydrogen) atoms. The van der Waals surface area contributed by atoms with Crippen LogP contribution in [0.5, 0.6) is 5.75 Å². The molecule has 3 heteroatoms. The highest BCUT2D eigenvalue weighted by atomic mass is 16.3. The van der Waals surface area contributed by atoms with Gasteiger partial charge in [-0.2, -0.15) is 0 Å². The quantitative estimate of drug-likeness (QED) is 0.788. The first-order valence-electron chi connectivity index (χ1n) is 8.08. The lowest BCUT2D eigenvalue weighted by molar-refractivity contribution is 0.0367. The van der Waals surface area contributed by atoms with Gasteiger partial charge in [0.15, 0.2) is 11.6 Å². The van der Waals surface area contributed by atoms with Gasteiger partial charge in [-0.05, 0) is 54.2 Å². The topological polar surface area (TPSA) is 54.4 Å². The van der Waals surface area contributed by atoms with Gasteiger partial charge in [-0.1, -0.05) is 27.2 Å². The maximum absolute atomic E-state index is 12.7. The Morgan fingerprint density at radius 3 is 2.55 bits per heavy atom. The third kappa shape index (κ3) is 2.02. The molecule has 1 N–H and O–H groups in total. The van der Waals surface area contributed by atoms with Gasteiger partial charge >= 0.3 is 0 Å². The van der Waals surface area contributed by atoms with Gasteiger partial charge in [-0.3, -0.25) is 9.59 Å². The molecule has 1 aromatic carbocycles. The van der Waals surface area contributed by atoms with Crippen LogP contribution in [0, 0.1) is 11.3 Å². The Bertz CT molecular complexity index is 672. The number of fused-ring (bicyclic) bond motifs is 3. The first kappa shape index (κ1) is 15.3. The number of phenolic OH excluding ortho intramolecular Hbond substituents is 1. The fraction of sp³-hybridized carbons (Fsp3) is 0.579. The molecule has 1 saturated carbocycles. The van der Waals surface area contributed by atoms with Crippen LogP contribution in [0.1, 0.15) is 79.7 Å². The van der Waals surface area contributed by atoms with Crippen molar-refractivity contribution in [1.82, 2.24) is 0 Å². The van der Waals surface area contributed by atoms with Crippen molar-refractivity contribution in [3.05, 3.63) is 28.8 Å². The van der Waals surface area contributed by atoms with E-state index in [9.17, 15) is 14.7 Å². The van der Waals surface area contributed by atoms with Crippen LogP contribution in [0.15, 0.2) is 12.1 Å². The van der Waals surface area contributed by atoms with Gasteiger partial charge in [0.1, 0.15) is 5.75 Å². The molecule has 0 saturated heterocycles. The first-order chi connectivity index (χ1) is 10.2. The van der Waals surface area contributed by atoms with Crippen molar-refractivity contribution in [3.8, 4) is 5.75 Å². The number of hydrogen-bond acceptors (Lipinski definition) is 3. The number of hydrogen-bond donors (Lipinski definition) is 1. The van der Waals surface area contributed by atoms with E-state index in [0.717, 1.165) is 24.8 Å². The van der Waals surface area contributed by atoms with E-state index in [4.69, 9.17) is 0 Å². The lowest BCUT2D eigenvalue weighted by Crippen LogP contribution is -2.49. The lowest BCUT2D eigenvalue weighted by Gasteiger charge is -2.53. The molecule has 2 atom stereocenters. The Morgan fingerprint density at radius 1 is 1.23 bits per heavy atom. The van der Waals surface area contributed by atoms with Crippen molar-refractivity contribution in [2.24, 2.45) is 11.3 Å². The molecule has 118 valence electrons. The highest BCUT2D eigenvalue weighted by molar-refractivity contribution is 6.04. The number of rotatable bonds is 1. The summed E-state index contributed by atoms with van der Waals surface area (Å²) in [6.45, 7) is 8.13. The van der Waals surface area contributed by atoms with Crippen LogP contribution >= 0.6 is 0 Å². The normalized spacial score (nSPS) is 29.6. The maximum Gasteiger partial charge on any atom is 0.163 e. The zero-order valence-electron chi connectivity index (χ0n) is 13.8. The molecule has 0 amide bonds. The molecule has 1 fully saturated rings. The smallest absolute Gasteiger partial charge is 0.163 e. The third-order valence-corrected chi connectivity index (χ3v) is 6.05. The van der Waals surface area contributed by atoms with Crippen LogP contribution in [0.3, 0.4) is 0 Å². The summed E-state index contributed by atoms with van der Waals surface area (Å²) in [6, 6.07) is 3.29. The van der Waals surface area contributed by atoms with Crippen molar-refractivity contribution >= 4 is 11.6 Å². The number of phenols is 1. The number of benzene rings is 1. The lowest BCUT2D eigenvalue weighted by atomic mass is 9.50. The van der Waals surface area contributed by atoms with Crippen LogP contribution in [-0.4, -0.2) is 16.7 Å². The van der Waals surface area contributed by atoms with E-state index in [1.165, 1.54) is 6.92 Å². The first-order valence-corrected chi connectivity index (χ1v) is 8.08. The molecule has 0 heterocycles. The second-order valence-electron chi connectivity index (χ2n) is 7.91. The molecule has 2 unspecified atom stereocenters. The Kier molecular flexibility index (Phi) is 3.24. The SMILES string of the molecule is CC(=O)c1cc2c(cc1O)C1(C)CCCC(C)(C)C1CC2=O. The van der Waals surface area contributed by atoms with Crippen LogP contribution < -0.4 is 0 Å². The Labute approximate surface area is 131 Å². The van der Waals surface area contributed by atoms with Crippen LogP contribution in [-0.2, 0) is 5.41 Å². The molecular weight excluding hydrogens is 276 g/mol. The maximum atomic E-state index is 12.7. The number of carbonyl (C=O) groups excluding carboxylic acids is 2. The predicted molar refractivity (Wildman–Crippen MR) is 85.5 cm³/mol. The van der Waals surface area contributed by atoms with Gasteiger partial charge < -0.3 is 5.11 Å². The van der Waals surface area contributed by atoms with E-state index in [-0.39, 0.29) is 39.6 Å². The van der Waals surface area contributed by atoms with Gasteiger partial charge in [-0.15, -0.1) is 0 Å². The molecule has 0 aromatic heterocycles. The molecular formula is C19H24O3. The predicted octanol–water partition coefficient (Wildman–Crippen LogP) is 4.27.